The van der Waals surface area contributed by atoms with Crippen LogP contribution in [0.2, 0.25) is 0 Å². The van der Waals surface area contributed by atoms with Crippen LogP contribution in [0.1, 0.15) is 0 Å². The predicted octanol–water partition coefficient (Wildman–Crippen LogP) is 1.99. The number of benzene rings is 1. The zero-order chi connectivity index (χ0) is 11.1. The van der Waals surface area contributed by atoms with Crippen molar-refractivity contribution in [2.24, 2.45) is 0 Å². The second-order valence-electron chi connectivity index (χ2n) is 3.74. The summed E-state index contributed by atoms with van der Waals surface area (Å²) in [6.07, 6.45) is 3.71. The van der Waals surface area contributed by atoms with Crippen LogP contribution in [-0.2, 0) is 0 Å². The molecule has 3 nitrogen and oxygen atoms in total. The van der Waals surface area contributed by atoms with E-state index in [1.165, 1.54) is 12.1 Å². The molecule has 2 N–H and O–H groups in total. The lowest BCUT2D eigenvalue weighted by molar-refractivity contribution is -0.510. The largest absolute Gasteiger partial charge is 0.507 e. The molecule has 0 spiro atoms. The topological polar surface area (TPSA) is 44.6 Å². The molecule has 78 valence electrons. The molecule has 3 heteroatoms. The third kappa shape index (κ3) is 1.18. The van der Waals surface area contributed by atoms with E-state index < -0.39 is 0 Å². The van der Waals surface area contributed by atoms with Crippen LogP contribution in [0.5, 0.6) is 11.5 Å². The number of hydrogen-bond acceptors (Lipinski definition) is 2. The third-order valence-corrected chi connectivity index (χ3v) is 2.72. The summed E-state index contributed by atoms with van der Waals surface area (Å²) in [5.41, 5.74) is 0.968. The minimum Gasteiger partial charge on any atom is -0.507 e. The molecule has 3 aromatic rings. The summed E-state index contributed by atoms with van der Waals surface area (Å²) in [5.74, 6) is 0.352. The Morgan fingerprint density at radius 2 is 1.62 bits per heavy atom. The highest BCUT2D eigenvalue weighted by molar-refractivity contribution is 5.93. The first-order valence-electron chi connectivity index (χ1n) is 5.00. The lowest BCUT2D eigenvalue weighted by Gasteiger charge is -2.01. The summed E-state index contributed by atoms with van der Waals surface area (Å²) in [6.45, 7) is 0. The molecular weight excluding hydrogens is 202 g/mol. The van der Waals surface area contributed by atoms with Crippen LogP contribution in [0.15, 0.2) is 48.8 Å². The number of nitrogens with zero attached hydrogens (tertiary/aromatic N) is 1. The molecule has 0 radical (unpaired) electrons. The van der Waals surface area contributed by atoms with Crippen molar-refractivity contribution < 1.29 is 14.6 Å². The molecule has 0 amide bonds. The summed E-state index contributed by atoms with van der Waals surface area (Å²) < 4.78 is 1.90. The Bertz CT molecular complexity index is 632. The highest BCUT2D eigenvalue weighted by Crippen LogP contribution is 2.30. The molecule has 1 aromatic carbocycles. The number of hydrogen-bond donors (Lipinski definition) is 2. The highest BCUT2D eigenvalue weighted by atomic mass is 16.3. The summed E-state index contributed by atoms with van der Waals surface area (Å²) in [5, 5.41) is 20.8. The first-order valence-corrected chi connectivity index (χ1v) is 5.00. The van der Waals surface area contributed by atoms with E-state index in [1.807, 2.05) is 34.9 Å². The van der Waals surface area contributed by atoms with Crippen LogP contribution >= 0.6 is 0 Å². The van der Waals surface area contributed by atoms with Crippen LogP contribution in [0.4, 0.5) is 0 Å². The van der Waals surface area contributed by atoms with Gasteiger partial charge in [-0.3, -0.25) is 0 Å². The average Bonchev–Trinajstić information content (AvgIpc) is 2.32. The van der Waals surface area contributed by atoms with E-state index in [0.717, 1.165) is 5.52 Å². The molecule has 0 unspecified atom stereocenters. The van der Waals surface area contributed by atoms with Gasteiger partial charge in [-0.15, -0.1) is 0 Å². The van der Waals surface area contributed by atoms with Gasteiger partial charge < -0.3 is 10.2 Å². The zero-order valence-electron chi connectivity index (χ0n) is 8.46. The van der Waals surface area contributed by atoms with Crippen LogP contribution < -0.4 is 4.40 Å². The van der Waals surface area contributed by atoms with E-state index in [2.05, 4.69) is 0 Å². The maximum atomic E-state index is 9.73. The maximum Gasteiger partial charge on any atom is 0.211 e. The van der Waals surface area contributed by atoms with Gasteiger partial charge in [0, 0.05) is 23.6 Å². The van der Waals surface area contributed by atoms with Crippen molar-refractivity contribution in [2.45, 2.75) is 0 Å². The number of aromatic nitrogens is 1. The summed E-state index contributed by atoms with van der Waals surface area (Å²) in [6, 6.07) is 10.6. The first-order chi connectivity index (χ1) is 7.75. The van der Waals surface area contributed by atoms with Gasteiger partial charge in [0.2, 0.25) is 5.52 Å². The lowest BCUT2D eigenvalue weighted by Crippen LogP contribution is -2.19. The fraction of sp³-hybridized carbons (Fsp3) is 0. The smallest absolute Gasteiger partial charge is 0.211 e. The Hall–Kier alpha value is -2.29. The number of phenolic OH excluding ortho intramolecular Hbond substituents is 2. The van der Waals surface area contributed by atoms with Crippen LogP contribution in [0, 0.1) is 0 Å². The van der Waals surface area contributed by atoms with Gasteiger partial charge >= 0.3 is 0 Å². The minimum absolute atomic E-state index is 0.172. The van der Waals surface area contributed by atoms with Crippen LogP contribution in [0.25, 0.3) is 16.3 Å². The molecule has 0 fully saturated rings. The SMILES string of the molecule is Oc1ccc(O)c2c[n+]3ccccc3cc12. The number of phenols is 2. The number of pyridine rings is 2. The minimum atomic E-state index is 0.172. The molecule has 0 atom stereocenters. The molecule has 2 heterocycles. The van der Waals surface area contributed by atoms with Crippen LogP contribution in [0.3, 0.4) is 0 Å². The first kappa shape index (κ1) is 8.97. The van der Waals surface area contributed by atoms with Crippen molar-refractivity contribution >= 4 is 16.3 Å². The van der Waals surface area contributed by atoms with E-state index in [0.29, 0.717) is 10.8 Å². The van der Waals surface area contributed by atoms with E-state index >= 15 is 0 Å². The van der Waals surface area contributed by atoms with Gasteiger partial charge in [-0.25, -0.2) is 0 Å². The molecule has 0 aliphatic carbocycles. The van der Waals surface area contributed by atoms with Crippen LogP contribution in [-0.4, -0.2) is 10.2 Å². The summed E-state index contributed by atoms with van der Waals surface area (Å²) in [4.78, 5) is 0. The van der Waals surface area contributed by atoms with Crippen molar-refractivity contribution in [1.29, 1.82) is 0 Å². The molecule has 16 heavy (non-hydrogen) atoms. The Morgan fingerprint density at radius 1 is 0.875 bits per heavy atom. The Kier molecular flexibility index (Phi) is 1.74. The van der Waals surface area contributed by atoms with Gasteiger partial charge in [0.25, 0.3) is 0 Å². The molecule has 2 aromatic heterocycles. The van der Waals surface area contributed by atoms with Gasteiger partial charge in [0.1, 0.15) is 11.5 Å². The van der Waals surface area contributed by atoms with Crippen molar-refractivity contribution in [3.8, 4) is 11.5 Å². The van der Waals surface area contributed by atoms with Gasteiger partial charge in [-0.2, -0.15) is 4.40 Å². The van der Waals surface area contributed by atoms with Gasteiger partial charge in [0.05, 0.1) is 5.39 Å². The Morgan fingerprint density at radius 3 is 2.44 bits per heavy atom. The molecule has 0 bridgehead atoms. The van der Waals surface area contributed by atoms with E-state index in [-0.39, 0.29) is 11.5 Å². The quantitative estimate of drug-likeness (QED) is 0.340. The Labute approximate surface area is 91.8 Å². The number of rotatable bonds is 0. The molecule has 0 aliphatic heterocycles. The fourth-order valence-electron chi connectivity index (χ4n) is 1.90. The Balaban J connectivity index is 2.56. The van der Waals surface area contributed by atoms with E-state index in [1.54, 1.807) is 6.20 Å². The standard InChI is InChI=1S/C13H9NO2/c15-12-4-5-13(16)11-8-14-6-2-1-3-9(14)7-10(11)12/h1-8,15H/p+1. The zero-order valence-corrected chi connectivity index (χ0v) is 8.46. The average molecular weight is 212 g/mol. The number of fused-ring (bicyclic) bond motifs is 2. The summed E-state index contributed by atoms with van der Waals surface area (Å²) >= 11 is 0. The lowest BCUT2D eigenvalue weighted by atomic mass is 10.1. The fourth-order valence-corrected chi connectivity index (χ4v) is 1.90. The third-order valence-electron chi connectivity index (χ3n) is 2.72. The normalized spacial score (nSPS) is 11.0. The second kappa shape index (κ2) is 3.10. The number of aromatic hydroxyl groups is 2. The molecular formula is C13H10NO2+. The summed E-state index contributed by atoms with van der Waals surface area (Å²) in [7, 11) is 0. The molecule has 0 saturated carbocycles. The molecule has 0 aliphatic rings. The van der Waals surface area contributed by atoms with E-state index in [4.69, 9.17) is 0 Å². The molecule has 0 saturated heterocycles. The predicted molar refractivity (Wildman–Crippen MR) is 60.4 cm³/mol. The van der Waals surface area contributed by atoms with Crippen molar-refractivity contribution in [2.75, 3.05) is 0 Å². The van der Waals surface area contributed by atoms with Gasteiger partial charge in [-0.05, 0) is 18.2 Å². The molecule has 3 rings (SSSR count). The maximum absolute atomic E-state index is 9.73. The van der Waals surface area contributed by atoms with E-state index in [9.17, 15) is 10.2 Å². The monoisotopic (exact) mass is 212 g/mol. The van der Waals surface area contributed by atoms with Gasteiger partial charge in [0.15, 0.2) is 12.4 Å². The van der Waals surface area contributed by atoms with Gasteiger partial charge in [-0.1, -0.05) is 0 Å². The van der Waals surface area contributed by atoms with Crippen molar-refractivity contribution in [1.82, 2.24) is 0 Å². The second-order valence-corrected chi connectivity index (χ2v) is 3.74. The highest BCUT2D eigenvalue weighted by Gasteiger charge is 2.10. The van der Waals surface area contributed by atoms with Crippen molar-refractivity contribution in [3.05, 3.63) is 48.8 Å². The van der Waals surface area contributed by atoms with Crippen molar-refractivity contribution in [3.63, 3.8) is 0 Å².